The van der Waals surface area contributed by atoms with Gasteiger partial charge in [0.15, 0.2) is 5.82 Å². The second kappa shape index (κ2) is 7.10. The Labute approximate surface area is 112 Å². The summed E-state index contributed by atoms with van der Waals surface area (Å²) in [5, 5.41) is 9.52. The fourth-order valence-corrected chi connectivity index (χ4v) is 1.86. The lowest BCUT2D eigenvalue weighted by molar-refractivity contribution is -0.119. The molecule has 7 nitrogen and oxygen atoms in total. The molecule has 0 aromatic carbocycles. The van der Waals surface area contributed by atoms with Crippen molar-refractivity contribution < 1.29 is 14.1 Å². The summed E-state index contributed by atoms with van der Waals surface area (Å²) in [5.41, 5.74) is 0. The van der Waals surface area contributed by atoms with E-state index in [0.717, 1.165) is 38.6 Å². The van der Waals surface area contributed by atoms with E-state index in [1.54, 1.807) is 13.0 Å². The number of hydrogen-bond donors (Lipinski definition) is 2. The fraction of sp³-hybridized carbons (Fsp3) is 0.667. The number of morpholine rings is 1. The average molecular weight is 268 g/mol. The molecule has 7 heteroatoms. The van der Waals surface area contributed by atoms with Crippen LogP contribution in [0.3, 0.4) is 0 Å². The van der Waals surface area contributed by atoms with E-state index in [4.69, 9.17) is 9.26 Å². The van der Waals surface area contributed by atoms with E-state index >= 15 is 0 Å². The van der Waals surface area contributed by atoms with Gasteiger partial charge >= 0.3 is 0 Å². The molecular weight excluding hydrogens is 248 g/mol. The first-order valence-electron chi connectivity index (χ1n) is 6.48. The summed E-state index contributed by atoms with van der Waals surface area (Å²) in [7, 11) is 0. The van der Waals surface area contributed by atoms with E-state index < -0.39 is 0 Å². The Morgan fingerprint density at radius 1 is 1.47 bits per heavy atom. The Kier molecular flexibility index (Phi) is 5.17. The number of nitrogens with one attached hydrogen (secondary N) is 2. The fourth-order valence-electron chi connectivity index (χ4n) is 1.86. The summed E-state index contributed by atoms with van der Waals surface area (Å²) in [5.74, 6) is 1.25. The Morgan fingerprint density at radius 3 is 2.95 bits per heavy atom. The molecule has 1 saturated heterocycles. The van der Waals surface area contributed by atoms with Gasteiger partial charge in [0.25, 0.3) is 0 Å². The number of anilines is 1. The summed E-state index contributed by atoms with van der Waals surface area (Å²) >= 11 is 0. The molecule has 19 heavy (non-hydrogen) atoms. The summed E-state index contributed by atoms with van der Waals surface area (Å²) in [6, 6.07) is 1.75. The first kappa shape index (κ1) is 13.8. The van der Waals surface area contributed by atoms with Crippen LogP contribution in [0.1, 0.15) is 5.76 Å². The van der Waals surface area contributed by atoms with Crippen molar-refractivity contribution in [1.82, 2.24) is 15.4 Å². The predicted molar refractivity (Wildman–Crippen MR) is 70.0 cm³/mol. The number of nitrogens with zero attached hydrogens (tertiary/aromatic N) is 2. The van der Waals surface area contributed by atoms with Gasteiger partial charge < -0.3 is 19.9 Å². The van der Waals surface area contributed by atoms with Crippen LogP contribution in [0.25, 0.3) is 0 Å². The first-order valence-corrected chi connectivity index (χ1v) is 6.48. The number of hydrogen-bond acceptors (Lipinski definition) is 6. The maximum atomic E-state index is 11.6. The van der Waals surface area contributed by atoms with Crippen LogP contribution in [-0.2, 0) is 9.53 Å². The largest absolute Gasteiger partial charge is 0.379 e. The van der Waals surface area contributed by atoms with E-state index in [1.807, 2.05) is 0 Å². The monoisotopic (exact) mass is 268 g/mol. The number of rotatable bonds is 6. The molecule has 0 unspecified atom stereocenters. The maximum Gasteiger partial charge on any atom is 0.239 e. The van der Waals surface area contributed by atoms with E-state index in [9.17, 15) is 4.79 Å². The number of aryl methyl sites for hydroxylation is 1. The Balaban J connectivity index is 1.56. The van der Waals surface area contributed by atoms with Gasteiger partial charge in [0.2, 0.25) is 5.91 Å². The van der Waals surface area contributed by atoms with Crippen molar-refractivity contribution >= 4 is 11.7 Å². The summed E-state index contributed by atoms with van der Waals surface area (Å²) in [4.78, 5) is 13.9. The zero-order valence-corrected chi connectivity index (χ0v) is 11.1. The third-order valence-corrected chi connectivity index (χ3v) is 2.91. The molecule has 0 spiro atoms. The topological polar surface area (TPSA) is 79.6 Å². The molecule has 0 saturated carbocycles. The third kappa shape index (κ3) is 4.88. The van der Waals surface area contributed by atoms with Crippen molar-refractivity contribution in [2.45, 2.75) is 6.92 Å². The van der Waals surface area contributed by atoms with Crippen LogP contribution in [0.2, 0.25) is 0 Å². The lowest BCUT2D eigenvalue weighted by Crippen LogP contribution is -2.42. The number of carbonyl (C=O) groups is 1. The highest BCUT2D eigenvalue weighted by atomic mass is 16.5. The SMILES string of the molecule is Cc1cc(NCC(=O)NCCN2CCOCC2)no1. The van der Waals surface area contributed by atoms with E-state index in [-0.39, 0.29) is 12.5 Å². The lowest BCUT2D eigenvalue weighted by Gasteiger charge is -2.26. The van der Waals surface area contributed by atoms with Gasteiger partial charge in [-0.05, 0) is 6.92 Å². The molecule has 106 valence electrons. The smallest absolute Gasteiger partial charge is 0.239 e. The molecule has 0 atom stereocenters. The zero-order valence-electron chi connectivity index (χ0n) is 11.1. The minimum Gasteiger partial charge on any atom is -0.379 e. The van der Waals surface area contributed by atoms with Crippen LogP contribution in [0, 0.1) is 6.92 Å². The Bertz CT molecular complexity index is 401. The summed E-state index contributed by atoms with van der Waals surface area (Å²) < 4.78 is 10.2. The zero-order chi connectivity index (χ0) is 13.5. The van der Waals surface area contributed by atoms with E-state index in [1.165, 1.54) is 0 Å². The molecule has 2 N–H and O–H groups in total. The van der Waals surface area contributed by atoms with Gasteiger partial charge in [0.05, 0.1) is 19.8 Å². The van der Waals surface area contributed by atoms with Crippen LogP contribution in [-0.4, -0.2) is 61.9 Å². The van der Waals surface area contributed by atoms with Gasteiger partial charge in [-0.3, -0.25) is 9.69 Å². The van der Waals surface area contributed by atoms with Crippen molar-refractivity contribution in [1.29, 1.82) is 0 Å². The highest BCUT2D eigenvalue weighted by molar-refractivity contribution is 5.80. The van der Waals surface area contributed by atoms with Gasteiger partial charge in [-0.25, -0.2) is 0 Å². The summed E-state index contributed by atoms with van der Waals surface area (Å²) in [6.07, 6.45) is 0. The van der Waals surface area contributed by atoms with Crippen molar-refractivity contribution in [3.63, 3.8) is 0 Å². The van der Waals surface area contributed by atoms with Crippen molar-refractivity contribution in [2.24, 2.45) is 0 Å². The van der Waals surface area contributed by atoms with Gasteiger partial charge in [0.1, 0.15) is 5.76 Å². The second-order valence-electron chi connectivity index (χ2n) is 4.48. The maximum absolute atomic E-state index is 11.6. The summed E-state index contributed by atoms with van der Waals surface area (Å²) in [6.45, 7) is 6.95. The predicted octanol–water partition coefficient (Wildman–Crippen LogP) is -0.157. The quantitative estimate of drug-likeness (QED) is 0.746. The second-order valence-corrected chi connectivity index (χ2v) is 4.48. The molecular formula is C12H20N4O3. The van der Waals surface area contributed by atoms with E-state index in [0.29, 0.717) is 12.4 Å². The highest BCUT2D eigenvalue weighted by Crippen LogP contribution is 2.05. The molecule has 1 aliphatic heterocycles. The third-order valence-electron chi connectivity index (χ3n) is 2.91. The number of carbonyl (C=O) groups excluding carboxylic acids is 1. The highest BCUT2D eigenvalue weighted by Gasteiger charge is 2.10. The van der Waals surface area contributed by atoms with Crippen molar-refractivity contribution in [3.8, 4) is 0 Å². The van der Waals surface area contributed by atoms with Crippen LogP contribution >= 0.6 is 0 Å². The van der Waals surface area contributed by atoms with E-state index in [2.05, 4.69) is 20.7 Å². The van der Waals surface area contributed by atoms with Gasteiger partial charge in [-0.1, -0.05) is 5.16 Å². The molecule has 0 radical (unpaired) electrons. The van der Waals surface area contributed by atoms with Crippen LogP contribution in [0.15, 0.2) is 10.6 Å². The molecule has 0 aliphatic carbocycles. The molecule has 1 amide bonds. The normalized spacial score (nSPS) is 16.3. The minimum absolute atomic E-state index is 0.0473. The molecule has 1 aromatic rings. The number of amides is 1. The number of ether oxygens (including phenoxy) is 1. The molecule has 2 rings (SSSR count). The first-order chi connectivity index (χ1) is 9.24. The molecule has 0 bridgehead atoms. The van der Waals surface area contributed by atoms with Gasteiger partial charge in [-0.15, -0.1) is 0 Å². The number of aromatic nitrogens is 1. The Hall–Kier alpha value is -1.60. The van der Waals surface area contributed by atoms with Crippen molar-refractivity contribution in [2.75, 3.05) is 51.3 Å². The molecule has 1 aromatic heterocycles. The molecule has 1 fully saturated rings. The lowest BCUT2D eigenvalue weighted by atomic mass is 10.4. The Morgan fingerprint density at radius 2 is 2.26 bits per heavy atom. The van der Waals surface area contributed by atoms with Gasteiger partial charge in [-0.2, -0.15) is 0 Å². The minimum atomic E-state index is -0.0473. The van der Waals surface area contributed by atoms with Crippen LogP contribution in [0.4, 0.5) is 5.82 Å². The van der Waals surface area contributed by atoms with Crippen molar-refractivity contribution in [3.05, 3.63) is 11.8 Å². The standard InChI is InChI=1S/C12H20N4O3/c1-10-8-11(15-19-10)14-9-12(17)13-2-3-16-4-6-18-7-5-16/h8H,2-7,9H2,1H3,(H,13,17)(H,14,15). The van der Waals surface area contributed by atoms with Crippen LogP contribution in [0.5, 0.6) is 0 Å². The molecule has 2 heterocycles. The average Bonchev–Trinajstić information content (AvgIpc) is 2.83. The molecule has 1 aliphatic rings. The van der Waals surface area contributed by atoms with Gasteiger partial charge in [0, 0.05) is 32.2 Å². The van der Waals surface area contributed by atoms with Crippen LogP contribution < -0.4 is 10.6 Å².